The summed E-state index contributed by atoms with van der Waals surface area (Å²) < 4.78 is 0. The van der Waals surface area contributed by atoms with Crippen LogP contribution in [0.1, 0.15) is 24.2 Å². The highest BCUT2D eigenvalue weighted by molar-refractivity contribution is 6.07. The van der Waals surface area contributed by atoms with Crippen LogP contribution in [-0.4, -0.2) is 29.9 Å². The van der Waals surface area contributed by atoms with E-state index in [4.69, 9.17) is 5.73 Å². The fourth-order valence-corrected chi connectivity index (χ4v) is 1.97. The van der Waals surface area contributed by atoms with Gasteiger partial charge in [0, 0.05) is 29.3 Å². The third-order valence-electron chi connectivity index (χ3n) is 3.07. The molecule has 2 aromatic rings. The maximum absolute atomic E-state index is 12.1. The summed E-state index contributed by atoms with van der Waals surface area (Å²) in [5, 5.41) is 6.14. The molecule has 0 bridgehead atoms. The van der Waals surface area contributed by atoms with Crippen molar-refractivity contribution in [1.29, 1.82) is 0 Å². The molecule has 0 spiro atoms. The Morgan fingerprint density at radius 3 is 2.76 bits per heavy atom. The van der Waals surface area contributed by atoms with Crippen molar-refractivity contribution in [3.63, 3.8) is 0 Å². The normalized spacial score (nSPS) is 10.8. The number of aromatic nitrogens is 1. The molecule has 21 heavy (non-hydrogen) atoms. The van der Waals surface area contributed by atoms with E-state index in [0.29, 0.717) is 23.7 Å². The van der Waals surface area contributed by atoms with E-state index in [1.165, 1.54) is 0 Å². The van der Waals surface area contributed by atoms with Crippen molar-refractivity contribution in [2.24, 2.45) is 5.92 Å². The topological polar surface area (TPSA) is 100 Å². The zero-order chi connectivity index (χ0) is 15.4. The molecule has 5 N–H and O–H groups in total. The molecule has 1 heterocycles. The molecule has 0 atom stereocenters. The average molecular weight is 288 g/mol. The van der Waals surface area contributed by atoms with Gasteiger partial charge in [0.1, 0.15) is 0 Å². The molecule has 0 aliphatic rings. The number of fused-ring (bicyclic) bond motifs is 1. The van der Waals surface area contributed by atoms with E-state index in [9.17, 15) is 9.59 Å². The Kier molecular flexibility index (Phi) is 4.47. The van der Waals surface area contributed by atoms with Crippen molar-refractivity contribution < 1.29 is 9.59 Å². The quantitative estimate of drug-likeness (QED) is 0.623. The van der Waals surface area contributed by atoms with Crippen LogP contribution >= 0.6 is 0 Å². The van der Waals surface area contributed by atoms with E-state index >= 15 is 0 Å². The van der Waals surface area contributed by atoms with Gasteiger partial charge in [-0.15, -0.1) is 0 Å². The lowest BCUT2D eigenvalue weighted by molar-refractivity contribution is -0.120. The first-order valence-electron chi connectivity index (χ1n) is 6.89. The summed E-state index contributed by atoms with van der Waals surface area (Å²) in [6.45, 7) is 4.58. The van der Waals surface area contributed by atoms with Crippen LogP contribution in [0.5, 0.6) is 0 Å². The van der Waals surface area contributed by atoms with Crippen LogP contribution < -0.4 is 16.4 Å². The van der Waals surface area contributed by atoms with Crippen molar-refractivity contribution in [3.8, 4) is 0 Å². The SMILES string of the molecule is CC(C)CNC(=O)CNC(=O)c1c[nH]c2cc(N)ccc12. The zero-order valence-electron chi connectivity index (χ0n) is 12.2. The largest absolute Gasteiger partial charge is 0.399 e. The summed E-state index contributed by atoms with van der Waals surface area (Å²) in [5.74, 6) is -0.101. The molecule has 0 saturated carbocycles. The van der Waals surface area contributed by atoms with E-state index in [-0.39, 0.29) is 18.4 Å². The Morgan fingerprint density at radius 2 is 2.05 bits per heavy atom. The highest BCUT2D eigenvalue weighted by Gasteiger charge is 2.13. The fourth-order valence-electron chi connectivity index (χ4n) is 1.97. The van der Waals surface area contributed by atoms with Crippen molar-refractivity contribution in [3.05, 3.63) is 30.0 Å². The molecule has 0 saturated heterocycles. The van der Waals surface area contributed by atoms with Gasteiger partial charge >= 0.3 is 0 Å². The minimum absolute atomic E-state index is 0.0345. The van der Waals surface area contributed by atoms with Crippen molar-refractivity contribution in [2.75, 3.05) is 18.8 Å². The number of carbonyl (C=O) groups excluding carboxylic acids is 2. The molecule has 2 rings (SSSR count). The Bertz CT molecular complexity index is 661. The van der Waals surface area contributed by atoms with Crippen molar-refractivity contribution >= 4 is 28.4 Å². The van der Waals surface area contributed by atoms with Gasteiger partial charge in [0.15, 0.2) is 0 Å². The highest BCUT2D eigenvalue weighted by Crippen LogP contribution is 2.20. The number of nitrogens with one attached hydrogen (secondary N) is 3. The smallest absolute Gasteiger partial charge is 0.253 e. The number of benzene rings is 1. The number of H-pyrrole nitrogens is 1. The number of carbonyl (C=O) groups is 2. The van der Waals surface area contributed by atoms with E-state index in [2.05, 4.69) is 15.6 Å². The van der Waals surface area contributed by atoms with Gasteiger partial charge in [-0.1, -0.05) is 13.8 Å². The first-order valence-corrected chi connectivity index (χ1v) is 6.89. The standard InChI is InChI=1S/C15H20N4O2/c1-9(2)6-18-14(20)8-19-15(21)12-7-17-13-5-10(16)3-4-11(12)13/h3-5,7,9,17H,6,8,16H2,1-2H3,(H,18,20)(H,19,21). The van der Waals surface area contributed by atoms with Gasteiger partial charge in [-0.2, -0.15) is 0 Å². The first kappa shape index (κ1) is 14.9. The van der Waals surface area contributed by atoms with Crippen molar-refractivity contribution in [1.82, 2.24) is 15.6 Å². The van der Waals surface area contributed by atoms with Gasteiger partial charge in [-0.05, 0) is 24.1 Å². The van der Waals surface area contributed by atoms with Crippen LogP contribution in [0.15, 0.2) is 24.4 Å². The number of hydrogen-bond acceptors (Lipinski definition) is 3. The molecular weight excluding hydrogens is 268 g/mol. The summed E-state index contributed by atoms with van der Waals surface area (Å²) in [7, 11) is 0. The third-order valence-corrected chi connectivity index (χ3v) is 3.07. The summed E-state index contributed by atoms with van der Waals surface area (Å²) in [6, 6.07) is 5.29. The number of anilines is 1. The molecule has 2 amide bonds. The summed E-state index contributed by atoms with van der Waals surface area (Å²) >= 11 is 0. The van der Waals surface area contributed by atoms with Crippen LogP contribution in [-0.2, 0) is 4.79 Å². The van der Waals surface area contributed by atoms with Crippen LogP contribution in [0.3, 0.4) is 0 Å². The molecular formula is C15H20N4O2. The Labute approximate surface area is 123 Å². The zero-order valence-corrected chi connectivity index (χ0v) is 12.2. The molecule has 0 aliphatic carbocycles. The molecule has 1 aromatic heterocycles. The minimum Gasteiger partial charge on any atom is -0.399 e. The molecule has 0 radical (unpaired) electrons. The number of nitrogens with two attached hydrogens (primary N) is 1. The second-order valence-corrected chi connectivity index (χ2v) is 5.39. The highest BCUT2D eigenvalue weighted by atomic mass is 16.2. The minimum atomic E-state index is -0.286. The number of amides is 2. The predicted octanol–water partition coefficient (Wildman–Crippen LogP) is 1.25. The Balaban J connectivity index is 1.98. The maximum Gasteiger partial charge on any atom is 0.253 e. The number of hydrogen-bond donors (Lipinski definition) is 4. The molecule has 1 aromatic carbocycles. The second-order valence-electron chi connectivity index (χ2n) is 5.39. The van der Waals surface area contributed by atoms with Crippen LogP contribution in [0.25, 0.3) is 10.9 Å². The van der Waals surface area contributed by atoms with Gasteiger partial charge < -0.3 is 21.4 Å². The lowest BCUT2D eigenvalue weighted by Crippen LogP contribution is -2.38. The van der Waals surface area contributed by atoms with Crippen LogP contribution in [0.2, 0.25) is 0 Å². The molecule has 6 nitrogen and oxygen atoms in total. The summed E-state index contributed by atoms with van der Waals surface area (Å²) in [6.07, 6.45) is 1.62. The second kappa shape index (κ2) is 6.30. The van der Waals surface area contributed by atoms with E-state index in [0.717, 1.165) is 10.9 Å². The maximum atomic E-state index is 12.1. The van der Waals surface area contributed by atoms with Crippen molar-refractivity contribution in [2.45, 2.75) is 13.8 Å². The van der Waals surface area contributed by atoms with Crippen LogP contribution in [0, 0.1) is 5.92 Å². The average Bonchev–Trinajstić information content (AvgIpc) is 2.85. The lowest BCUT2D eigenvalue weighted by atomic mass is 10.1. The number of rotatable bonds is 5. The van der Waals surface area contributed by atoms with Gasteiger partial charge in [-0.3, -0.25) is 9.59 Å². The molecule has 0 aliphatic heterocycles. The fraction of sp³-hybridized carbons (Fsp3) is 0.333. The van der Waals surface area contributed by atoms with Gasteiger partial charge in [-0.25, -0.2) is 0 Å². The monoisotopic (exact) mass is 288 g/mol. The van der Waals surface area contributed by atoms with E-state index < -0.39 is 0 Å². The molecule has 6 heteroatoms. The molecule has 112 valence electrons. The van der Waals surface area contributed by atoms with E-state index in [1.54, 1.807) is 24.4 Å². The summed E-state index contributed by atoms with van der Waals surface area (Å²) in [5.41, 5.74) is 7.62. The third kappa shape index (κ3) is 3.75. The van der Waals surface area contributed by atoms with Gasteiger partial charge in [0.25, 0.3) is 5.91 Å². The number of nitrogen functional groups attached to an aromatic ring is 1. The first-order chi connectivity index (χ1) is 9.97. The predicted molar refractivity (Wildman–Crippen MR) is 82.9 cm³/mol. The summed E-state index contributed by atoms with van der Waals surface area (Å²) in [4.78, 5) is 26.7. The van der Waals surface area contributed by atoms with Gasteiger partial charge in [0.05, 0.1) is 12.1 Å². The Hall–Kier alpha value is -2.50. The van der Waals surface area contributed by atoms with Crippen LogP contribution in [0.4, 0.5) is 5.69 Å². The molecule has 0 fully saturated rings. The van der Waals surface area contributed by atoms with E-state index in [1.807, 2.05) is 13.8 Å². The van der Waals surface area contributed by atoms with Gasteiger partial charge in [0.2, 0.25) is 5.91 Å². The molecule has 0 unspecified atom stereocenters. The lowest BCUT2D eigenvalue weighted by Gasteiger charge is -2.08. The number of aromatic amines is 1. The Morgan fingerprint density at radius 1 is 1.29 bits per heavy atom.